The Morgan fingerprint density at radius 3 is 2.96 bits per heavy atom. The van der Waals surface area contributed by atoms with Crippen LogP contribution in [0.1, 0.15) is 24.0 Å². The number of carbonyl (C=O) groups excluding carboxylic acids is 1. The van der Waals surface area contributed by atoms with E-state index in [0.29, 0.717) is 18.5 Å². The van der Waals surface area contributed by atoms with Crippen LogP contribution in [0.2, 0.25) is 0 Å². The van der Waals surface area contributed by atoms with E-state index in [-0.39, 0.29) is 24.0 Å². The van der Waals surface area contributed by atoms with Crippen LogP contribution in [0.3, 0.4) is 0 Å². The molecule has 0 radical (unpaired) electrons. The summed E-state index contributed by atoms with van der Waals surface area (Å²) in [6.45, 7) is 1.96. The van der Waals surface area contributed by atoms with Gasteiger partial charge in [-0.3, -0.25) is 4.79 Å². The highest BCUT2D eigenvalue weighted by atomic mass is 32.2. The molecule has 4 rings (SSSR count). The Morgan fingerprint density at radius 2 is 2.22 bits per heavy atom. The number of thioether (sulfide) groups is 1. The molecule has 0 aromatic heterocycles. The van der Waals surface area contributed by atoms with E-state index in [1.165, 1.54) is 6.07 Å². The number of carbonyl (C=O) groups is 1. The third-order valence-corrected chi connectivity index (χ3v) is 6.70. The normalized spacial score (nSPS) is 27.8. The van der Waals surface area contributed by atoms with Crippen molar-refractivity contribution in [1.82, 2.24) is 5.32 Å². The average Bonchev–Trinajstić information content (AvgIpc) is 3.18. The summed E-state index contributed by atoms with van der Waals surface area (Å²) >= 11 is 1.80. The van der Waals surface area contributed by atoms with Gasteiger partial charge in [0.15, 0.2) is 0 Å². The van der Waals surface area contributed by atoms with Crippen LogP contribution < -0.4 is 10.2 Å². The lowest BCUT2D eigenvalue weighted by atomic mass is 9.84. The number of ether oxygens (including phenoxy) is 1. The van der Waals surface area contributed by atoms with E-state index < -0.39 is 11.7 Å². The van der Waals surface area contributed by atoms with Crippen molar-refractivity contribution in [2.75, 3.05) is 36.1 Å². The number of hydrogen-bond donors (Lipinski definition) is 1. The molecule has 3 heterocycles. The molecule has 0 spiro atoms. The van der Waals surface area contributed by atoms with Crippen molar-refractivity contribution >= 4 is 23.4 Å². The summed E-state index contributed by atoms with van der Waals surface area (Å²) in [5, 5.41) is 2.98. The monoisotopic (exact) mass is 400 g/mol. The van der Waals surface area contributed by atoms with Gasteiger partial charge in [0, 0.05) is 42.9 Å². The van der Waals surface area contributed by atoms with Crippen molar-refractivity contribution in [2.45, 2.75) is 37.6 Å². The summed E-state index contributed by atoms with van der Waals surface area (Å²) in [4.78, 5) is 15.0. The van der Waals surface area contributed by atoms with Crippen LogP contribution in [-0.2, 0) is 22.1 Å². The molecule has 0 unspecified atom stereocenters. The van der Waals surface area contributed by atoms with Gasteiger partial charge in [-0.1, -0.05) is 0 Å². The zero-order valence-corrected chi connectivity index (χ0v) is 15.7. The molecule has 0 aliphatic carbocycles. The van der Waals surface area contributed by atoms with Gasteiger partial charge in [0.2, 0.25) is 5.91 Å². The van der Waals surface area contributed by atoms with Crippen LogP contribution >= 0.6 is 11.8 Å². The fourth-order valence-electron chi connectivity index (χ4n) is 4.25. The first-order valence-corrected chi connectivity index (χ1v) is 10.5. The first kappa shape index (κ1) is 18.9. The second-order valence-corrected chi connectivity index (χ2v) is 8.52. The van der Waals surface area contributed by atoms with Gasteiger partial charge in [-0.2, -0.15) is 24.9 Å². The van der Waals surface area contributed by atoms with Gasteiger partial charge in [0.05, 0.1) is 17.6 Å². The first-order chi connectivity index (χ1) is 12.9. The number of alkyl halides is 3. The molecule has 3 aliphatic rings. The minimum absolute atomic E-state index is 0.0254. The molecule has 8 heteroatoms. The molecule has 3 aliphatic heterocycles. The Labute approximate surface area is 160 Å². The summed E-state index contributed by atoms with van der Waals surface area (Å²) in [6.07, 6.45) is -2.03. The van der Waals surface area contributed by atoms with Crippen molar-refractivity contribution in [2.24, 2.45) is 5.92 Å². The number of nitrogens with one attached hydrogen (secondary N) is 1. The van der Waals surface area contributed by atoms with Crippen molar-refractivity contribution in [3.8, 4) is 0 Å². The largest absolute Gasteiger partial charge is 0.416 e. The average molecular weight is 400 g/mol. The van der Waals surface area contributed by atoms with Gasteiger partial charge in [-0.15, -0.1) is 0 Å². The number of halogens is 3. The minimum atomic E-state index is -4.37. The predicted octanol–water partition coefficient (Wildman–Crippen LogP) is 3.09. The van der Waals surface area contributed by atoms with Crippen LogP contribution in [0.5, 0.6) is 0 Å². The Morgan fingerprint density at radius 1 is 1.37 bits per heavy atom. The van der Waals surface area contributed by atoms with Crippen molar-refractivity contribution in [1.29, 1.82) is 0 Å². The molecule has 1 N–H and O–H groups in total. The van der Waals surface area contributed by atoms with Gasteiger partial charge >= 0.3 is 6.18 Å². The molecule has 4 nitrogen and oxygen atoms in total. The topological polar surface area (TPSA) is 41.6 Å². The van der Waals surface area contributed by atoms with Gasteiger partial charge in [-0.25, -0.2) is 0 Å². The fraction of sp³-hybridized carbons (Fsp3) is 0.632. The Hall–Kier alpha value is -1.41. The molecule has 0 bridgehead atoms. The molecule has 2 saturated heterocycles. The van der Waals surface area contributed by atoms with E-state index in [9.17, 15) is 18.0 Å². The molecule has 1 aromatic carbocycles. The van der Waals surface area contributed by atoms with E-state index in [1.54, 1.807) is 17.8 Å². The fourth-order valence-corrected chi connectivity index (χ4v) is 5.40. The molecular formula is C19H23F3N2O2S. The number of fused-ring (bicyclic) bond motifs is 3. The Balaban J connectivity index is 1.56. The lowest BCUT2D eigenvalue weighted by Crippen LogP contribution is -2.55. The number of rotatable bonds is 3. The van der Waals surface area contributed by atoms with E-state index in [2.05, 4.69) is 10.2 Å². The summed E-state index contributed by atoms with van der Waals surface area (Å²) in [7, 11) is 0. The molecule has 3 atom stereocenters. The molecule has 27 heavy (non-hydrogen) atoms. The van der Waals surface area contributed by atoms with Crippen molar-refractivity contribution in [3.63, 3.8) is 0 Å². The third kappa shape index (κ3) is 3.92. The summed E-state index contributed by atoms with van der Waals surface area (Å²) < 4.78 is 44.9. The highest BCUT2D eigenvalue weighted by molar-refractivity contribution is 7.99. The lowest BCUT2D eigenvalue weighted by Gasteiger charge is -2.45. The van der Waals surface area contributed by atoms with Crippen LogP contribution in [-0.4, -0.2) is 49.3 Å². The number of nitrogens with zero attached hydrogens (tertiary/aromatic N) is 1. The SMILES string of the molecule is O=C(NC[C@@H]1CCCO1)[C@@H]1Cc2cc(C(F)(F)F)ccc2N2CCSC[C@@H]12. The smallest absolute Gasteiger partial charge is 0.376 e. The molecule has 0 saturated carbocycles. The maximum absolute atomic E-state index is 13.1. The second kappa shape index (κ2) is 7.54. The molecule has 2 fully saturated rings. The van der Waals surface area contributed by atoms with Crippen molar-refractivity contribution < 1.29 is 22.7 Å². The molecule has 1 aromatic rings. The third-order valence-electron chi connectivity index (χ3n) is 5.65. The summed E-state index contributed by atoms with van der Waals surface area (Å²) in [5.74, 6) is 1.32. The standard InChI is InChI=1S/C19H23F3N2O2S/c20-19(21,22)13-3-4-16-12(8-13)9-15(17-11-27-7-5-24(16)17)18(25)23-10-14-2-1-6-26-14/h3-4,8,14-15,17H,1-2,5-7,9-11H2,(H,23,25)/t14-,15+,17-/m0/s1. The molecule has 1 amide bonds. The first-order valence-electron chi connectivity index (χ1n) is 9.37. The maximum atomic E-state index is 13.1. The van der Waals surface area contributed by atoms with E-state index in [0.717, 1.165) is 49.3 Å². The number of hydrogen-bond acceptors (Lipinski definition) is 4. The molecule has 148 valence electrons. The number of benzene rings is 1. The highest BCUT2D eigenvalue weighted by Gasteiger charge is 2.41. The number of anilines is 1. The quantitative estimate of drug-likeness (QED) is 0.847. The number of amides is 1. The Bertz CT molecular complexity index is 707. The maximum Gasteiger partial charge on any atom is 0.416 e. The van der Waals surface area contributed by atoms with Crippen LogP contribution in [0.4, 0.5) is 18.9 Å². The van der Waals surface area contributed by atoms with Crippen LogP contribution in [0.15, 0.2) is 18.2 Å². The highest BCUT2D eigenvalue weighted by Crippen LogP contribution is 2.40. The van der Waals surface area contributed by atoms with Gasteiger partial charge in [0.1, 0.15) is 0 Å². The predicted molar refractivity (Wildman–Crippen MR) is 99.1 cm³/mol. The van der Waals surface area contributed by atoms with E-state index in [4.69, 9.17) is 4.74 Å². The zero-order valence-electron chi connectivity index (χ0n) is 14.9. The van der Waals surface area contributed by atoms with Crippen molar-refractivity contribution in [3.05, 3.63) is 29.3 Å². The van der Waals surface area contributed by atoms with Gasteiger partial charge in [-0.05, 0) is 43.0 Å². The van der Waals surface area contributed by atoms with E-state index in [1.807, 2.05) is 0 Å². The summed E-state index contributed by atoms with van der Waals surface area (Å²) in [5.41, 5.74) is 0.811. The summed E-state index contributed by atoms with van der Waals surface area (Å²) in [6, 6.07) is 3.96. The molecular weight excluding hydrogens is 377 g/mol. The van der Waals surface area contributed by atoms with E-state index >= 15 is 0 Å². The minimum Gasteiger partial charge on any atom is -0.376 e. The van der Waals surface area contributed by atoms with Crippen LogP contribution in [0.25, 0.3) is 0 Å². The zero-order chi connectivity index (χ0) is 19.0. The van der Waals surface area contributed by atoms with Gasteiger partial charge < -0.3 is 15.0 Å². The Kier molecular flexibility index (Phi) is 5.29. The van der Waals surface area contributed by atoms with Gasteiger partial charge in [0.25, 0.3) is 0 Å². The lowest BCUT2D eigenvalue weighted by molar-refractivity contribution is -0.137. The second-order valence-electron chi connectivity index (χ2n) is 7.37. The van der Waals surface area contributed by atoms with Crippen LogP contribution in [0, 0.1) is 5.92 Å².